The van der Waals surface area contributed by atoms with Gasteiger partial charge in [-0.05, 0) is 61.5 Å². The molecule has 0 aromatic heterocycles. The van der Waals surface area contributed by atoms with E-state index in [9.17, 15) is 13.6 Å². The first-order valence-corrected chi connectivity index (χ1v) is 11.1. The molecule has 1 amide bonds. The van der Waals surface area contributed by atoms with E-state index in [1.54, 1.807) is 6.20 Å². The van der Waals surface area contributed by atoms with Crippen LogP contribution in [-0.2, 0) is 16.1 Å². The summed E-state index contributed by atoms with van der Waals surface area (Å²) in [5.74, 6) is -1.18. The normalized spacial score (nSPS) is 35.8. The van der Waals surface area contributed by atoms with E-state index >= 15 is 0 Å². The fourth-order valence-corrected chi connectivity index (χ4v) is 6.75. The van der Waals surface area contributed by atoms with Crippen LogP contribution in [0.4, 0.5) is 8.78 Å². The molecule has 3 nitrogen and oxygen atoms in total. The molecule has 1 heterocycles. The molecule has 2 N–H and O–H groups in total. The van der Waals surface area contributed by atoms with E-state index in [1.165, 1.54) is 35.6 Å². The first-order valence-electron chi connectivity index (χ1n) is 10.3. The van der Waals surface area contributed by atoms with Crippen LogP contribution in [-0.4, -0.2) is 23.0 Å². The zero-order chi connectivity index (χ0) is 20.2. The molecule has 152 valence electrons. The lowest BCUT2D eigenvalue weighted by atomic mass is 9.97. The molecule has 6 heteroatoms. The number of halogens is 2. The van der Waals surface area contributed by atoms with E-state index in [4.69, 9.17) is 5.73 Å². The molecule has 29 heavy (non-hydrogen) atoms. The molecule has 1 saturated carbocycles. The number of nitrogens with two attached hydrogens (primary N) is 1. The summed E-state index contributed by atoms with van der Waals surface area (Å²) < 4.78 is 28.5. The number of aryl methyl sites for hydroxylation is 1. The van der Waals surface area contributed by atoms with E-state index in [1.807, 2.05) is 17.0 Å². The molecular weight excluding hydrogens is 390 g/mol. The predicted octanol–water partition coefficient (Wildman–Crippen LogP) is 4.71. The Kier molecular flexibility index (Phi) is 4.67. The molecule has 1 aromatic carbocycles. The number of thioether (sulfide) groups is 1. The van der Waals surface area contributed by atoms with Gasteiger partial charge in [-0.15, -0.1) is 0 Å². The molecule has 5 rings (SSSR count). The van der Waals surface area contributed by atoms with Crippen LogP contribution in [0.25, 0.3) is 0 Å². The predicted molar refractivity (Wildman–Crippen MR) is 111 cm³/mol. The number of nitrogens with zero attached hydrogens (tertiary/aromatic N) is 1. The summed E-state index contributed by atoms with van der Waals surface area (Å²) in [4.78, 5) is 15.5. The third-order valence-corrected chi connectivity index (χ3v) is 8.18. The highest BCUT2D eigenvalue weighted by Gasteiger charge is 2.52. The molecule has 0 saturated heterocycles. The summed E-state index contributed by atoms with van der Waals surface area (Å²) in [5.41, 5.74) is 8.39. The number of amides is 1. The van der Waals surface area contributed by atoms with Crippen LogP contribution in [0.1, 0.15) is 36.8 Å². The van der Waals surface area contributed by atoms with E-state index in [2.05, 4.69) is 12.1 Å². The van der Waals surface area contributed by atoms with Gasteiger partial charge in [0.1, 0.15) is 16.9 Å². The SMILES string of the molecule is NC1CCC(C(=O)N2C=C(C3C=C(F)C=CC3F)SC23CCc2ccccc23)C1. The maximum atomic E-state index is 14.7. The van der Waals surface area contributed by atoms with Gasteiger partial charge in [-0.25, -0.2) is 8.78 Å². The van der Waals surface area contributed by atoms with Crippen molar-refractivity contribution in [3.63, 3.8) is 0 Å². The minimum atomic E-state index is -1.29. The topological polar surface area (TPSA) is 46.3 Å². The van der Waals surface area contributed by atoms with Gasteiger partial charge in [0.25, 0.3) is 0 Å². The largest absolute Gasteiger partial charge is 0.328 e. The highest BCUT2D eigenvalue weighted by molar-refractivity contribution is 8.04. The highest BCUT2D eigenvalue weighted by Crippen LogP contribution is 2.59. The van der Waals surface area contributed by atoms with Crippen molar-refractivity contribution in [2.24, 2.45) is 17.6 Å². The second kappa shape index (κ2) is 7.10. The first-order chi connectivity index (χ1) is 14.0. The van der Waals surface area contributed by atoms with Crippen LogP contribution in [0.15, 0.2) is 59.4 Å². The quantitative estimate of drug-likeness (QED) is 0.763. The lowest BCUT2D eigenvalue weighted by Gasteiger charge is -2.36. The molecule has 1 aromatic rings. The molecule has 0 radical (unpaired) electrons. The van der Waals surface area contributed by atoms with Gasteiger partial charge in [0.05, 0.1) is 0 Å². The van der Waals surface area contributed by atoms with Crippen LogP contribution in [0, 0.1) is 11.8 Å². The van der Waals surface area contributed by atoms with Crippen molar-refractivity contribution in [2.45, 2.75) is 49.2 Å². The van der Waals surface area contributed by atoms with Crippen LogP contribution >= 0.6 is 11.8 Å². The molecule has 3 aliphatic carbocycles. The summed E-state index contributed by atoms with van der Waals surface area (Å²) >= 11 is 1.52. The second-order valence-electron chi connectivity index (χ2n) is 8.43. The molecule has 1 aliphatic heterocycles. The number of benzene rings is 1. The smallest absolute Gasteiger partial charge is 0.231 e. The van der Waals surface area contributed by atoms with Gasteiger partial charge in [0.15, 0.2) is 0 Å². The Morgan fingerprint density at radius 2 is 2.10 bits per heavy atom. The number of hydrogen-bond donors (Lipinski definition) is 1. The summed E-state index contributed by atoms with van der Waals surface area (Å²) in [6.07, 6.45) is 8.22. The van der Waals surface area contributed by atoms with Gasteiger partial charge in [-0.1, -0.05) is 36.0 Å². The standard InChI is InChI=1S/C23H24F2N2OS/c24-16-6-8-20(25)18(12-16)21-13-27(22(28)15-5-7-17(26)11-15)23(29-21)10-9-14-3-1-2-4-19(14)23/h1-4,6,8,12-13,15,17-18,20H,5,7,9-11,26H2. The van der Waals surface area contributed by atoms with Gasteiger partial charge in [-0.2, -0.15) is 0 Å². The average molecular weight is 415 g/mol. The first kappa shape index (κ1) is 19.1. The summed E-state index contributed by atoms with van der Waals surface area (Å²) in [5, 5.41) is 0. The van der Waals surface area contributed by atoms with Crippen molar-refractivity contribution in [3.05, 3.63) is 70.6 Å². The van der Waals surface area contributed by atoms with Gasteiger partial charge in [-0.3, -0.25) is 9.69 Å². The fourth-order valence-electron chi connectivity index (χ4n) is 5.11. The second-order valence-corrected chi connectivity index (χ2v) is 9.79. The average Bonchev–Trinajstić information content (AvgIpc) is 3.42. The summed E-state index contributed by atoms with van der Waals surface area (Å²) in [6, 6.07) is 8.22. The van der Waals surface area contributed by atoms with E-state index in [-0.39, 0.29) is 17.9 Å². The number of carbonyl (C=O) groups is 1. The molecular formula is C23H24F2N2OS. The van der Waals surface area contributed by atoms with Crippen molar-refractivity contribution in [3.8, 4) is 0 Å². The minimum Gasteiger partial charge on any atom is -0.328 e. The number of hydrogen-bond acceptors (Lipinski definition) is 3. The number of carbonyl (C=O) groups excluding carboxylic acids is 1. The fraction of sp³-hybridized carbons (Fsp3) is 0.435. The van der Waals surface area contributed by atoms with Crippen molar-refractivity contribution in [1.29, 1.82) is 0 Å². The maximum Gasteiger partial charge on any atom is 0.231 e. The monoisotopic (exact) mass is 414 g/mol. The number of alkyl halides is 1. The molecule has 1 spiro atoms. The zero-order valence-electron chi connectivity index (χ0n) is 16.1. The lowest BCUT2D eigenvalue weighted by molar-refractivity contribution is -0.135. The van der Waals surface area contributed by atoms with E-state index < -0.39 is 22.8 Å². The number of fused-ring (bicyclic) bond motifs is 2. The zero-order valence-corrected chi connectivity index (χ0v) is 16.9. The number of rotatable bonds is 2. The minimum absolute atomic E-state index is 0.0587. The molecule has 5 unspecified atom stereocenters. The number of allylic oxidation sites excluding steroid dienone is 5. The van der Waals surface area contributed by atoms with Gasteiger partial charge >= 0.3 is 0 Å². The maximum absolute atomic E-state index is 14.7. The van der Waals surface area contributed by atoms with Crippen molar-refractivity contribution >= 4 is 17.7 Å². The Hall–Kier alpha value is -1.92. The van der Waals surface area contributed by atoms with Crippen LogP contribution in [0.5, 0.6) is 0 Å². The third kappa shape index (κ3) is 3.08. The van der Waals surface area contributed by atoms with E-state index in [0.717, 1.165) is 31.2 Å². The van der Waals surface area contributed by atoms with Crippen LogP contribution in [0.3, 0.4) is 0 Å². The Bertz CT molecular complexity index is 943. The Morgan fingerprint density at radius 3 is 2.90 bits per heavy atom. The molecule has 5 atom stereocenters. The lowest BCUT2D eigenvalue weighted by Crippen LogP contribution is -2.42. The Labute approximate surface area is 173 Å². The Morgan fingerprint density at radius 1 is 1.28 bits per heavy atom. The van der Waals surface area contributed by atoms with Gasteiger partial charge in [0.2, 0.25) is 5.91 Å². The van der Waals surface area contributed by atoms with Crippen molar-refractivity contribution in [2.75, 3.05) is 0 Å². The molecule has 1 fully saturated rings. The van der Waals surface area contributed by atoms with Gasteiger partial charge < -0.3 is 5.73 Å². The summed E-state index contributed by atoms with van der Waals surface area (Å²) in [7, 11) is 0. The molecule has 4 aliphatic rings. The van der Waals surface area contributed by atoms with E-state index in [0.29, 0.717) is 11.3 Å². The molecule has 0 bridgehead atoms. The van der Waals surface area contributed by atoms with Crippen LogP contribution < -0.4 is 5.73 Å². The summed E-state index contributed by atoms with van der Waals surface area (Å²) in [6.45, 7) is 0. The van der Waals surface area contributed by atoms with Crippen molar-refractivity contribution < 1.29 is 13.6 Å². The van der Waals surface area contributed by atoms with Gasteiger partial charge in [0, 0.05) is 29.0 Å². The van der Waals surface area contributed by atoms with Crippen LogP contribution in [0.2, 0.25) is 0 Å². The Balaban J connectivity index is 1.55. The van der Waals surface area contributed by atoms with Crippen molar-refractivity contribution in [1.82, 2.24) is 4.90 Å². The third-order valence-electron chi connectivity index (χ3n) is 6.61. The highest BCUT2D eigenvalue weighted by atomic mass is 32.2.